The monoisotopic (exact) mass is 194 g/mol. The van der Waals surface area contributed by atoms with Crippen molar-refractivity contribution in [2.45, 2.75) is 13.5 Å². The molecule has 4 nitrogen and oxygen atoms in total. The van der Waals surface area contributed by atoms with Gasteiger partial charge in [-0.2, -0.15) is 0 Å². The zero-order valence-electron chi connectivity index (χ0n) is 8.19. The van der Waals surface area contributed by atoms with Gasteiger partial charge in [0.05, 0.1) is 18.9 Å². The average molecular weight is 194 g/mol. The van der Waals surface area contributed by atoms with E-state index in [4.69, 9.17) is 10.5 Å². The van der Waals surface area contributed by atoms with Crippen molar-refractivity contribution in [2.24, 2.45) is 5.41 Å². The van der Waals surface area contributed by atoms with Crippen LogP contribution in [0.15, 0.2) is 23.1 Å². The van der Waals surface area contributed by atoms with Crippen LogP contribution in [0.25, 0.3) is 0 Å². The Labute approximate surface area is 82.3 Å². The van der Waals surface area contributed by atoms with Gasteiger partial charge in [-0.1, -0.05) is 6.92 Å². The molecule has 0 unspecified atom stereocenters. The Balaban J connectivity index is 2.25. The number of ether oxygens (including phenoxy) is 1. The first-order valence-electron chi connectivity index (χ1n) is 4.63. The van der Waals surface area contributed by atoms with E-state index >= 15 is 0 Å². The number of hydrogen-bond donors (Lipinski definition) is 1. The third-order valence-corrected chi connectivity index (χ3v) is 2.50. The van der Waals surface area contributed by atoms with Crippen LogP contribution < -0.4 is 11.3 Å². The van der Waals surface area contributed by atoms with Crippen LogP contribution in [0, 0.1) is 5.41 Å². The molecule has 1 aliphatic heterocycles. The lowest BCUT2D eigenvalue weighted by Gasteiger charge is -2.38. The lowest BCUT2D eigenvalue weighted by molar-refractivity contribution is -0.110. The fourth-order valence-electron chi connectivity index (χ4n) is 1.63. The van der Waals surface area contributed by atoms with Gasteiger partial charge < -0.3 is 15.0 Å². The van der Waals surface area contributed by atoms with Crippen LogP contribution >= 0.6 is 0 Å². The van der Waals surface area contributed by atoms with Gasteiger partial charge in [-0.25, -0.2) is 0 Å². The molecule has 76 valence electrons. The van der Waals surface area contributed by atoms with Crippen LogP contribution in [-0.4, -0.2) is 17.8 Å². The smallest absolute Gasteiger partial charge is 0.273 e. The Kier molecular flexibility index (Phi) is 2.07. The summed E-state index contributed by atoms with van der Waals surface area (Å²) in [6.45, 7) is 4.21. The van der Waals surface area contributed by atoms with Crippen LogP contribution in [0.3, 0.4) is 0 Å². The lowest BCUT2D eigenvalue weighted by atomic mass is 9.88. The minimum Gasteiger partial charge on any atom is -0.394 e. The first kappa shape index (κ1) is 9.27. The number of anilines is 1. The molecule has 1 aromatic rings. The van der Waals surface area contributed by atoms with Crippen molar-refractivity contribution in [3.05, 3.63) is 28.7 Å². The molecule has 0 spiro atoms. The zero-order valence-corrected chi connectivity index (χ0v) is 8.19. The minimum atomic E-state index is -0.111. The summed E-state index contributed by atoms with van der Waals surface area (Å²) in [5.74, 6) is 0. The quantitative estimate of drug-likeness (QED) is 0.744. The van der Waals surface area contributed by atoms with Crippen molar-refractivity contribution in [1.82, 2.24) is 4.57 Å². The summed E-state index contributed by atoms with van der Waals surface area (Å²) in [5.41, 5.74) is 5.82. The van der Waals surface area contributed by atoms with E-state index in [0.717, 1.165) is 0 Å². The number of rotatable bonds is 2. The normalized spacial score (nSPS) is 18.9. The molecule has 14 heavy (non-hydrogen) atoms. The highest BCUT2D eigenvalue weighted by Crippen LogP contribution is 2.27. The molecule has 2 N–H and O–H groups in total. The van der Waals surface area contributed by atoms with Crippen LogP contribution in [0.4, 0.5) is 5.69 Å². The van der Waals surface area contributed by atoms with E-state index in [1.165, 1.54) is 0 Å². The van der Waals surface area contributed by atoms with E-state index in [1.54, 1.807) is 22.9 Å². The fourth-order valence-corrected chi connectivity index (χ4v) is 1.63. The number of hydrogen-bond acceptors (Lipinski definition) is 3. The number of pyridine rings is 1. The Morgan fingerprint density at radius 2 is 2.36 bits per heavy atom. The van der Waals surface area contributed by atoms with Gasteiger partial charge in [-0.05, 0) is 12.1 Å². The van der Waals surface area contributed by atoms with Crippen molar-refractivity contribution in [3.63, 3.8) is 0 Å². The largest absolute Gasteiger partial charge is 0.394 e. The molecule has 0 saturated carbocycles. The van der Waals surface area contributed by atoms with Crippen molar-refractivity contribution in [2.75, 3.05) is 18.9 Å². The second-order valence-electron chi connectivity index (χ2n) is 4.20. The highest BCUT2D eigenvalue weighted by molar-refractivity contribution is 5.33. The third-order valence-electron chi connectivity index (χ3n) is 2.50. The number of nitrogens with two attached hydrogens (primary N) is 1. The third kappa shape index (κ3) is 1.53. The van der Waals surface area contributed by atoms with Crippen molar-refractivity contribution < 1.29 is 4.74 Å². The summed E-state index contributed by atoms with van der Waals surface area (Å²) in [6.07, 6.45) is 1.77. The standard InChI is InChI=1S/C10H14N2O2/c1-10(6-14-7-10)5-12-4-2-3-8(11)9(12)13/h2-4H,5-7,11H2,1H3. The summed E-state index contributed by atoms with van der Waals surface area (Å²) >= 11 is 0. The van der Waals surface area contributed by atoms with Gasteiger partial charge in [0.15, 0.2) is 0 Å². The average Bonchev–Trinajstić information content (AvgIpc) is 2.10. The fraction of sp³-hybridized carbons (Fsp3) is 0.500. The molecular weight excluding hydrogens is 180 g/mol. The number of nitrogens with zero attached hydrogens (tertiary/aromatic N) is 1. The molecule has 0 atom stereocenters. The van der Waals surface area contributed by atoms with Gasteiger partial charge in [0.2, 0.25) is 0 Å². The van der Waals surface area contributed by atoms with E-state index in [9.17, 15) is 4.79 Å². The summed E-state index contributed by atoms with van der Waals surface area (Å²) in [6, 6.07) is 3.41. The zero-order chi connectivity index (χ0) is 10.2. The van der Waals surface area contributed by atoms with Crippen LogP contribution in [0.1, 0.15) is 6.92 Å². The molecule has 1 aromatic heterocycles. The van der Waals surface area contributed by atoms with Crippen LogP contribution in [-0.2, 0) is 11.3 Å². The molecule has 0 amide bonds. The molecule has 0 radical (unpaired) electrons. The van der Waals surface area contributed by atoms with Crippen molar-refractivity contribution >= 4 is 5.69 Å². The van der Waals surface area contributed by atoms with Gasteiger partial charge in [-0.3, -0.25) is 4.79 Å². The predicted molar refractivity (Wildman–Crippen MR) is 54.0 cm³/mol. The Bertz CT molecular complexity index is 393. The topological polar surface area (TPSA) is 57.2 Å². The summed E-state index contributed by atoms with van der Waals surface area (Å²) in [5, 5.41) is 0. The van der Waals surface area contributed by atoms with Crippen LogP contribution in [0.5, 0.6) is 0 Å². The summed E-state index contributed by atoms with van der Waals surface area (Å²) < 4.78 is 6.78. The lowest BCUT2D eigenvalue weighted by Crippen LogP contribution is -2.45. The molecule has 4 heteroatoms. The second-order valence-corrected chi connectivity index (χ2v) is 4.20. The van der Waals surface area contributed by atoms with E-state index in [2.05, 4.69) is 6.92 Å². The molecule has 1 saturated heterocycles. The van der Waals surface area contributed by atoms with Gasteiger partial charge >= 0.3 is 0 Å². The van der Waals surface area contributed by atoms with Gasteiger partial charge in [0, 0.05) is 18.2 Å². The predicted octanol–water partition coefficient (Wildman–Crippen LogP) is 0.467. The van der Waals surface area contributed by atoms with Crippen molar-refractivity contribution in [1.29, 1.82) is 0 Å². The molecule has 0 aromatic carbocycles. The minimum absolute atomic E-state index is 0.0949. The maximum Gasteiger partial charge on any atom is 0.273 e. The Morgan fingerprint density at radius 1 is 1.64 bits per heavy atom. The first-order chi connectivity index (χ1) is 6.61. The molecule has 2 rings (SSSR count). The number of nitrogen functional groups attached to an aromatic ring is 1. The number of aromatic nitrogens is 1. The van der Waals surface area contributed by atoms with E-state index < -0.39 is 0 Å². The first-order valence-corrected chi connectivity index (χ1v) is 4.63. The molecular formula is C10H14N2O2. The molecule has 2 heterocycles. The maximum absolute atomic E-state index is 11.6. The van der Waals surface area contributed by atoms with Crippen molar-refractivity contribution in [3.8, 4) is 0 Å². The van der Waals surface area contributed by atoms with Gasteiger partial charge in [-0.15, -0.1) is 0 Å². The summed E-state index contributed by atoms with van der Waals surface area (Å²) in [4.78, 5) is 11.6. The summed E-state index contributed by atoms with van der Waals surface area (Å²) in [7, 11) is 0. The highest BCUT2D eigenvalue weighted by Gasteiger charge is 2.33. The van der Waals surface area contributed by atoms with E-state index in [-0.39, 0.29) is 11.0 Å². The molecule has 1 fully saturated rings. The van der Waals surface area contributed by atoms with E-state index in [0.29, 0.717) is 25.4 Å². The van der Waals surface area contributed by atoms with Gasteiger partial charge in [0.25, 0.3) is 5.56 Å². The Morgan fingerprint density at radius 3 is 2.93 bits per heavy atom. The van der Waals surface area contributed by atoms with Gasteiger partial charge in [0.1, 0.15) is 0 Å². The molecule has 0 aliphatic carbocycles. The SMILES string of the molecule is CC1(Cn2cccc(N)c2=O)COC1. The molecule has 0 bridgehead atoms. The maximum atomic E-state index is 11.6. The Hall–Kier alpha value is -1.29. The second kappa shape index (κ2) is 3.13. The molecule has 1 aliphatic rings. The van der Waals surface area contributed by atoms with E-state index in [1.807, 2.05) is 0 Å². The highest BCUT2D eigenvalue weighted by atomic mass is 16.5. The van der Waals surface area contributed by atoms with Crippen LogP contribution in [0.2, 0.25) is 0 Å².